The van der Waals surface area contributed by atoms with E-state index in [-0.39, 0.29) is 12.0 Å². The molecule has 0 N–H and O–H groups in total. The second kappa shape index (κ2) is 11.2. The van der Waals surface area contributed by atoms with Gasteiger partial charge in [-0.3, -0.25) is 14.7 Å². The van der Waals surface area contributed by atoms with Gasteiger partial charge in [0.15, 0.2) is 11.5 Å². The molecule has 3 heterocycles. The lowest BCUT2D eigenvalue weighted by molar-refractivity contribution is -0.127. The Kier molecular flexibility index (Phi) is 7.83. The number of methoxy groups -OCH3 is 2. The number of likely N-dealkylation sites (tertiary alicyclic amines) is 2. The first-order valence-corrected chi connectivity index (χ1v) is 11.7. The average Bonchev–Trinajstić information content (AvgIpc) is 2.88. The summed E-state index contributed by atoms with van der Waals surface area (Å²) in [5.41, 5.74) is 0.910. The average molecular weight is 452 g/mol. The van der Waals surface area contributed by atoms with E-state index in [1.165, 1.54) is 0 Å². The molecule has 2 fully saturated rings. The highest BCUT2D eigenvalue weighted by atomic mass is 16.5. The van der Waals surface area contributed by atoms with Crippen molar-refractivity contribution in [3.05, 3.63) is 54.4 Å². The second-order valence-corrected chi connectivity index (χ2v) is 8.54. The largest absolute Gasteiger partial charge is 0.493 e. The van der Waals surface area contributed by atoms with Gasteiger partial charge in [-0.15, -0.1) is 0 Å². The molecule has 0 spiro atoms. The SMILES string of the molecule is COc1ccc(/C=C/C(=O)N2CCC(N3CCC(Oc4ccncc4)CC3)CC2)cc1OC. The highest BCUT2D eigenvalue weighted by Gasteiger charge is 2.29. The summed E-state index contributed by atoms with van der Waals surface area (Å²) in [7, 11) is 3.22. The van der Waals surface area contributed by atoms with Gasteiger partial charge in [0, 0.05) is 50.7 Å². The molecule has 0 bridgehead atoms. The molecular formula is C26H33N3O4. The highest BCUT2D eigenvalue weighted by Crippen LogP contribution is 2.28. The van der Waals surface area contributed by atoms with E-state index in [1.54, 1.807) is 32.7 Å². The van der Waals surface area contributed by atoms with Gasteiger partial charge in [-0.05, 0) is 61.6 Å². The topological polar surface area (TPSA) is 64.1 Å². The Morgan fingerprint density at radius 1 is 0.939 bits per heavy atom. The molecule has 2 aliphatic rings. The number of ether oxygens (including phenoxy) is 3. The molecule has 7 heteroatoms. The van der Waals surface area contributed by atoms with Crippen LogP contribution in [0.2, 0.25) is 0 Å². The monoisotopic (exact) mass is 451 g/mol. The van der Waals surface area contributed by atoms with Gasteiger partial charge < -0.3 is 19.1 Å². The third-order valence-corrected chi connectivity index (χ3v) is 6.55. The van der Waals surface area contributed by atoms with Crippen molar-refractivity contribution in [1.29, 1.82) is 0 Å². The smallest absolute Gasteiger partial charge is 0.246 e. The maximum atomic E-state index is 12.7. The Labute approximate surface area is 196 Å². The van der Waals surface area contributed by atoms with Gasteiger partial charge in [-0.1, -0.05) is 6.07 Å². The first-order valence-electron chi connectivity index (χ1n) is 11.7. The van der Waals surface area contributed by atoms with Gasteiger partial charge in [0.25, 0.3) is 0 Å². The van der Waals surface area contributed by atoms with Crippen LogP contribution in [0.25, 0.3) is 6.08 Å². The van der Waals surface area contributed by atoms with Crippen LogP contribution in [-0.4, -0.2) is 73.2 Å². The third kappa shape index (κ3) is 6.05. The summed E-state index contributed by atoms with van der Waals surface area (Å²) in [6.07, 6.45) is 11.4. The summed E-state index contributed by atoms with van der Waals surface area (Å²) < 4.78 is 16.7. The standard InChI is InChI=1S/C26H33N3O4/c1-31-24-5-3-20(19-25(24)32-2)4-6-26(30)29-15-9-21(10-16-29)28-17-11-23(12-18-28)33-22-7-13-27-14-8-22/h3-8,13-14,19,21,23H,9-12,15-18H2,1-2H3/b6-4+. The maximum absolute atomic E-state index is 12.7. The fraction of sp³-hybridized carbons (Fsp3) is 0.462. The Bertz CT molecular complexity index is 934. The van der Waals surface area contributed by atoms with Crippen LogP contribution in [0.4, 0.5) is 0 Å². The van der Waals surface area contributed by atoms with E-state index in [2.05, 4.69) is 9.88 Å². The fourth-order valence-electron chi connectivity index (χ4n) is 4.65. The van der Waals surface area contributed by atoms with Crippen molar-refractivity contribution >= 4 is 12.0 Å². The van der Waals surface area contributed by atoms with Crippen LogP contribution in [0.1, 0.15) is 31.2 Å². The molecule has 0 radical (unpaired) electrons. The predicted molar refractivity (Wildman–Crippen MR) is 128 cm³/mol. The number of pyridine rings is 1. The number of hydrogen-bond acceptors (Lipinski definition) is 6. The van der Waals surface area contributed by atoms with Crippen molar-refractivity contribution in [3.63, 3.8) is 0 Å². The number of carbonyl (C=O) groups excluding carboxylic acids is 1. The van der Waals surface area contributed by atoms with Gasteiger partial charge in [-0.2, -0.15) is 0 Å². The predicted octanol–water partition coefficient (Wildman–Crippen LogP) is 3.65. The van der Waals surface area contributed by atoms with Gasteiger partial charge in [0.2, 0.25) is 5.91 Å². The van der Waals surface area contributed by atoms with Crippen LogP contribution in [0.3, 0.4) is 0 Å². The van der Waals surface area contributed by atoms with E-state index in [0.717, 1.165) is 63.2 Å². The molecular weight excluding hydrogens is 418 g/mol. The molecule has 33 heavy (non-hydrogen) atoms. The van der Waals surface area contributed by atoms with E-state index < -0.39 is 0 Å². The van der Waals surface area contributed by atoms with Crippen molar-refractivity contribution in [1.82, 2.24) is 14.8 Å². The molecule has 2 saturated heterocycles. The summed E-state index contributed by atoms with van der Waals surface area (Å²) >= 11 is 0. The van der Waals surface area contributed by atoms with E-state index in [0.29, 0.717) is 17.5 Å². The molecule has 1 amide bonds. The van der Waals surface area contributed by atoms with Crippen molar-refractivity contribution in [2.75, 3.05) is 40.4 Å². The quantitative estimate of drug-likeness (QED) is 0.599. The number of carbonyl (C=O) groups is 1. The van der Waals surface area contributed by atoms with Gasteiger partial charge in [0.1, 0.15) is 11.9 Å². The molecule has 0 aliphatic carbocycles. The van der Waals surface area contributed by atoms with Gasteiger partial charge in [-0.25, -0.2) is 0 Å². The number of piperidine rings is 2. The van der Waals surface area contributed by atoms with Crippen LogP contribution < -0.4 is 14.2 Å². The lowest BCUT2D eigenvalue weighted by Gasteiger charge is -2.41. The van der Waals surface area contributed by atoms with E-state index in [4.69, 9.17) is 14.2 Å². The molecule has 0 atom stereocenters. The number of benzene rings is 1. The highest BCUT2D eigenvalue weighted by molar-refractivity contribution is 5.92. The molecule has 2 aromatic rings. The minimum atomic E-state index is 0.0627. The van der Waals surface area contributed by atoms with E-state index in [1.807, 2.05) is 41.3 Å². The normalized spacial score (nSPS) is 18.4. The van der Waals surface area contributed by atoms with Crippen molar-refractivity contribution in [3.8, 4) is 17.2 Å². The summed E-state index contributed by atoms with van der Waals surface area (Å²) in [5, 5.41) is 0. The Balaban J connectivity index is 1.22. The van der Waals surface area contributed by atoms with Crippen LogP contribution in [0.15, 0.2) is 48.8 Å². The molecule has 7 nitrogen and oxygen atoms in total. The van der Waals surface area contributed by atoms with Crippen LogP contribution >= 0.6 is 0 Å². The zero-order valence-electron chi connectivity index (χ0n) is 19.5. The van der Waals surface area contributed by atoms with Crippen molar-refractivity contribution in [2.45, 2.75) is 37.8 Å². The molecule has 0 unspecified atom stereocenters. The number of aromatic nitrogens is 1. The maximum Gasteiger partial charge on any atom is 0.246 e. The lowest BCUT2D eigenvalue weighted by atomic mass is 9.98. The second-order valence-electron chi connectivity index (χ2n) is 8.54. The Hall–Kier alpha value is -3.06. The van der Waals surface area contributed by atoms with Gasteiger partial charge in [0.05, 0.1) is 14.2 Å². The third-order valence-electron chi connectivity index (χ3n) is 6.55. The molecule has 2 aliphatic heterocycles. The minimum Gasteiger partial charge on any atom is -0.493 e. The Morgan fingerprint density at radius 2 is 1.64 bits per heavy atom. The first kappa shape index (κ1) is 23.1. The zero-order chi connectivity index (χ0) is 23.0. The number of rotatable bonds is 7. The van der Waals surface area contributed by atoms with Crippen LogP contribution in [-0.2, 0) is 4.79 Å². The number of hydrogen-bond donors (Lipinski definition) is 0. The molecule has 176 valence electrons. The molecule has 0 saturated carbocycles. The lowest BCUT2D eigenvalue weighted by Crippen LogP contribution is -2.49. The van der Waals surface area contributed by atoms with Crippen LogP contribution in [0, 0.1) is 0 Å². The Morgan fingerprint density at radius 3 is 2.30 bits per heavy atom. The molecule has 4 rings (SSSR count). The number of nitrogens with zero attached hydrogens (tertiary/aromatic N) is 3. The van der Waals surface area contributed by atoms with Crippen molar-refractivity contribution < 1.29 is 19.0 Å². The summed E-state index contributed by atoms with van der Waals surface area (Å²) in [6, 6.07) is 10.0. The zero-order valence-corrected chi connectivity index (χ0v) is 19.5. The first-order chi connectivity index (χ1) is 16.2. The minimum absolute atomic E-state index is 0.0627. The molecule has 1 aromatic heterocycles. The summed E-state index contributed by atoms with van der Waals surface area (Å²) in [5.74, 6) is 2.29. The fourth-order valence-corrected chi connectivity index (χ4v) is 4.65. The summed E-state index contributed by atoms with van der Waals surface area (Å²) in [4.78, 5) is 21.3. The number of amides is 1. The van der Waals surface area contributed by atoms with Gasteiger partial charge >= 0.3 is 0 Å². The van der Waals surface area contributed by atoms with Crippen LogP contribution in [0.5, 0.6) is 17.2 Å². The van der Waals surface area contributed by atoms with Crippen molar-refractivity contribution in [2.24, 2.45) is 0 Å². The van der Waals surface area contributed by atoms with E-state index >= 15 is 0 Å². The summed E-state index contributed by atoms with van der Waals surface area (Å²) in [6.45, 7) is 3.70. The van der Waals surface area contributed by atoms with E-state index in [9.17, 15) is 4.79 Å². The molecule has 1 aromatic carbocycles.